The smallest absolute Gasteiger partial charge is 0.444 e. The molecule has 2 aliphatic rings. The number of carbonyl (C=O) groups excluding carboxylic acids is 2. The minimum atomic E-state index is -4.86. The highest BCUT2D eigenvalue weighted by Crippen LogP contribution is 2.35. The van der Waals surface area contributed by atoms with E-state index < -0.39 is 35.3 Å². The molecule has 2 amide bonds. The van der Waals surface area contributed by atoms with Gasteiger partial charge in [0, 0.05) is 32.7 Å². The molecule has 0 saturated carbocycles. The van der Waals surface area contributed by atoms with E-state index in [1.807, 2.05) is 30.3 Å². The van der Waals surface area contributed by atoms with Crippen molar-refractivity contribution in [3.05, 3.63) is 52.1 Å². The van der Waals surface area contributed by atoms with Crippen LogP contribution in [0.3, 0.4) is 0 Å². The number of rotatable bonds is 6. The zero-order chi connectivity index (χ0) is 30.9. The van der Waals surface area contributed by atoms with E-state index in [-0.39, 0.29) is 28.7 Å². The Kier molecular flexibility index (Phi) is 8.68. The van der Waals surface area contributed by atoms with E-state index in [0.29, 0.717) is 61.6 Å². The molecule has 14 heteroatoms. The standard InChI is InChI=1S/C29H35F3N6O4S/c1-28(2,3)42-27(41)36-14-11-19(12-15-36)17-38-24(40)21-23(35-25(38)29(30,31)32)43-26(34-21)37-13-7-10-20(37)22(39)33-16-18-8-5-4-6-9-18/h4-6,8-9,19-20H,7,10-17H2,1-3H3,(H,33,39). The maximum Gasteiger partial charge on any atom is 0.449 e. The number of amides is 2. The summed E-state index contributed by atoms with van der Waals surface area (Å²) in [6.45, 7) is 6.56. The van der Waals surface area contributed by atoms with Crippen LogP contribution >= 0.6 is 11.3 Å². The van der Waals surface area contributed by atoms with Gasteiger partial charge in [-0.05, 0) is 57.9 Å². The van der Waals surface area contributed by atoms with Gasteiger partial charge in [0.1, 0.15) is 11.6 Å². The van der Waals surface area contributed by atoms with E-state index >= 15 is 0 Å². The minimum Gasteiger partial charge on any atom is -0.444 e. The fourth-order valence-electron chi connectivity index (χ4n) is 5.46. The fraction of sp³-hybridized carbons (Fsp3) is 0.552. The molecule has 2 aliphatic heterocycles. The number of carbonyl (C=O) groups is 2. The van der Waals surface area contributed by atoms with Crippen LogP contribution in [0, 0.1) is 5.92 Å². The van der Waals surface area contributed by atoms with Gasteiger partial charge in [-0.25, -0.2) is 14.8 Å². The monoisotopic (exact) mass is 620 g/mol. The van der Waals surface area contributed by atoms with E-state index in [2.05, 4.69) is 15.3 Å². The van der Waals surface area contributed by atoms with Gasteiger partial charge < -0.3 is 19.9 Å². The Bertz CT molecular complexity index is 1530. The van der Waals surface area contributed by atoms with E-state index in [0.717, 1.165) is 16.9 Å². The number of aromatic nitrogens is 3. The van der Waals surface area contributed by atoms with Crippen LogP contribution in [0.4, 0.5) is 23.1 Å². The Hall–Kier alpha value is -3.68. The Labute approximate surface area is 250 Å². The third-order valence-corrected chi connectivity index (χ3v) is 8.57. The van der Waals surface area contributed by atoms with Crippen molar-refractivity contribution in [3.63, 3.8) is 0 Å². The molecule has 10 nitrogen and oxygen atoms in total. The molecule has 2 saturated heterocycles. The molecular weight excluding hydrogens is 585 g/mol. The van der Waals surface area contributed by atoms with Crippen LogP contribution in [0.1, 0.15) is 57.8 Å². The summed E-state index contributed by atoms with van der Waals surface area (Å²) >= 11 is 0.890. The molecule has 2 aromatic heterocycles. The first-order chi connectivity index (χ1) is 20.3. The molecule has 5 rings (SSSR count). The van der Waals surface area contributed by atoms with Gasteiger partial charge >= 0.3 is 12.3 Å². The van der Waals surface area contributed by atoms with Crippen molar-refractivity contribution in [3.8, 4) is 0 Å². The number of benzene rings is 1. The summed E-state index contributed by atoms with van der Waals surface area (Å²) in [7, 11) is 0. The van der Waals surface area contributed by atoms with Gasteiger partial charge in [-0.2, -0.15) is 13.2 Å². The largest absolute Gasteiger partial charge is 0.449 e. The number of hydrogen-bond donors (Lipinski definition) is 1. The number of halogens is 3. The number of fused-ring (bicyclic) bond motifs is 1. The van der Waals surface area contributed by atoms with Crippen LogP contribution in [0.15, 0.2) is 35.1 Å². The maximum absolute atomic E-state index is 14.2. The van der Waals surface area contributed by atoms with Crippen LogP contribution in [-0.2, 0) is 28.8 Å². The Morgan fingerprint density at radius 2 is 1.74 bits per heavy atom. The van der Waals surface area contributed by atoms with E-state index in [9.17, 15) is 27.6 Å². The van der Waals surface area contributed by atoms with Crippen LogP contribution in [0.2, 0.25) is 0 Å². The number of thiazole rings is 1. The topological polar surface area (TPSA) is 110 Å². The number of alkyl halides is 3. The first kappa shape index (κ1) is 30.8. The summed E-state index contributed by atoms with van der Waals surface area (Å²) in [5, 5.41) is 3.22. The molecule has 1 N–H and O–H groups in total. The van der Waals surface area contributed by atoms with Gasteiger partial charge in [0.2, 0.25) is 11.7 Å². The third-order valence-electron chi connectivity index (χ3n) is 7.58. The predicted molar refractivity (Wildman–Crippen MR) is 156 cm³/mol. The van der Waals surface area contributed by atoms with Crippen molar-refractivity contribution < 1.29 is 27.5 Å². The van der Waals surface area contributed by atoms with Crippen molar-refractivity contribution in [2.75, 3.05) is 24.5 Å². The lowest BCUT2D eigenvalue weighted by molar-refractivity contribution is -0.148. The van der Waals surface area contributed by atoms with Crippen molar-refractivity contribution in [1.82, 2.24) is 24.8 Å². The summed E-state index contributed by atoms with van der Waals surface area (Å²) in [5.41, 5.74) is -0.717. The van der Waals surface area contributed by atoms with E-state index in [1.54, 1.807) is 25.7 Å². The number of ether oxygens (including phenoxy) is 1. The van der Waals surface area contributed by atoms with Gasteiger partial charge in [0.15, 0.2) is 15.5 Å². The number of likely N-dealkylation sites (tertiary alicyclic amines) is 1. The molecule has 3 aromatic rings. The Morgan fingerprint density at radius 1 is 1.05 bits per heavy atom. The van der Waals surface area contributed by atoms with E-state index in [4.69, 9.17) is 4.74 Å². The number of anilines is 1. The summed E-state index contributed by atoms with van der Waals surface area (Å²) in [5.74, 6) is -1.75. The molecule has 1 atom stereocenters. The molecule has 0 spiro atoms. The summed E-state index contributed by atoms with van der Waals surface area (Å²) in [6, 6.07) is 8.90. The average Bonchev–Trinajstić information content (AvgIpc) is 3.60. The van der Waals surface area contributed by atoms with Crippen LogP contribution in [-0.4, -0.2) is 62.7 Å². The Balaban J connectivity index is 1.35. The van der Waals surface area contributed by atoms with Crippen molar-refractivity contribution >= 4 is 38.8 Å². The molecule has 232 valence electrons. The summed E-state index contributed by atoms with van der Waals surface area (Å²) in [6.07, 6.45) is -3.24. The number of nitrogens with zero attached hydrogens (tertiary/aromatic N) is 5. The third kappa shape index (κ3) is 7.11. The lowest BCUT2D eigenvalue weighted by Gasteiger charge is -2.33. The molecule has 43 heavy (non-hydrogen) atoms. The van der Waals surface area contributed by atoms with Gasteiger partial charge in [-0.15, -0.1) is 0 Å². The molecule has 2 fully saturated rings. The lowest BCUT2D eigenvalue weighted by atomic mass is 9.97. The van der Waals surface area contributed by atoms with Crippen molar-refractivity contribution in [2.24, 2.45) is 5.92 Å². The van der Waals surface area contributed by atoms with Crippen LogP contribution in [0.5, 0.6) is 0 Å². The highest BCUT2D eigenvalue weighted by atomic mass is 32.1. The molecule has 0 radical (unpaired) electrons. The fourth-order valence-corrected chi connectivity index (χ4v) is 6.47. The highest BCUT2D eigenvalue weighted by Gasteiger charge is 2.40. The second kappa shape index (κ2) is 12.1. The normalized spacial score (nSPS) is 18.3. The van der Waals surface area contributed by atoms with Crippen LogP contribution in [0.25, 0.3) is 10.3 Å². The second-order valence-electron chi connectivity index (χ2n) is 12.0. The van der Waals surface area contributed by atoms with Gasteiger partial charge in [-0.3, -0.25) is 14.2 Å². The van der Waals surface area contributed by atoms with Crippen molar-refractivity contribution in [2.45, 2.75) is 77.4 Å². The number of piperidine rings is 1. The molecular formula is C29H35F3N6O4S. The SMILES string of the molecule is CC(C)(C)OC(=O)N1CCC(Cn2c(C(F)(F)F)nc3sc(N4CCCC4C(=O)NCc4ccccc4)nc3c2=O)CC1. The first-order valence-electron chi connectivity index (χ1n) is 14.3. The Morgan fingerprint density at radius 3 is 2.40 bits per heavy atom. The number of nitrogens with one attached hydrogen (secondary N) is 1. The predicted octanol–water partition coefficient (Wildman–Crippen LogP) is 4.80. The molecule has 4 heterocycles. The molecule has 1 aromatic carbocycles. The zero-order valence-corrected chi connectivity index (χ0v) is 25.1. The van der Waals surface area contributed by atoms with Crippen molar-refractivity contribution in [1.29, 1.82) is 0 Å². The second-order valence-corrected chi connectivity index (χ2v) is 12.9. The number of hydrogen-bond acceptors (Lipinski definition) is 8. The first-order valence-corrected chi connectivity index (χ1v) is 15.2. The molecule has 0 bridgehead atoms. The average molecular weight is 621 g/mol. The van der Waals surface area contributed by atoms with E-state index in [1.165, 1.54) is 4.90 Å². The molecule has 1 unspecified atom stereocenters. The minimum absolute atomic E-state index is 0.112. The van der Waals surface area contributed by atoms with Gasteiger partial charge in [0.05, 0.1) is 0 Å². The highest BCUT2D eigenvalue weighted by molar-refractivity contribution is 7.21. The van der Waals surface area contributed by atoms with Crippen LogP contribution < -0.4 is 15.8 Å². The lowest BCUT2D eigenvalue weighted by Crippen LogP contribution is -2.43. The zero-order valence-electron chi connectivity index (χ0n) is 24.3. The van der Waals surface area contributed by atoms with Gasteiger partial charge in [-0.1, -0.05) is 41.7 Å². The maximum atomic E-state index is 14.2. The quantitative estimate of drug-likeness (QED) is 0.422. The van der Waals surface area contributed by atoms with Gasteiger partial charge in [0.25, 0.3) is 5.56 Å². The molecule has 0 aliphatic carbocycles. The summed E-state index contributed by atoms with van der Waals surface area (Å²) < 4.78 is 48.6. The summed E-state index contributed by atoms with van der Waals surface area (Å²) in [4.78, 5) is 50.4.